The van der Waals surface area contributed by atoms with Crippen LogP contribution in [0, 0.1) is 5.82 Å². The van der Waals surface area contributed by atoms with Crippen molar-refractivity contribution in [2.75, 3.05) is 5.75 Å². The summed E-state index contributed by atoms with van der Waals surface area (Å²) in [6.07, 6.45) is 0. The summed E-state index contributed by atoms with van der Waals surface area (Å²) < 4.78 is 39.5. The molecule has 2 aromatic rings. The fourth-order valence-electron chi connectivity index (χ4n) is 1.40. The Labute approximate surface area is 109 Å². The van der Waals surface area contributed by atoms with Gasteiger partial charge < -0.3 is 0 Å². The van der Waals surface area contributed by atoms with Crippen LogP contribution in [-0.4, -0.2) is 34.4 Å². The second-order valence-electron chi connectivity index (χ2n) is 3.71. The Kier molecular flexibility index (Phi) is 3.86. The Morgan fingerprint density at radius 2 is 2.21 bits per heavy atom. The maximum absolute atomic E-state index is 13.1. The maximum atomic E-state index is 13.1. The van der Waals surface area contributed by atoms with E-state index in [9.17, 15) is 12.8 Å². The number of benzene rings is 1. The molecule has 102 valence electrons. The first-order valence-electron chi connectivity index (χ1n) is 5.52. The van der Waals surface area contributed by atoms with E-state index in [4.69, 9.17) is 0 Å². The largest absolute Gasteiger partial charge is 0.212 e. The zero-order valence-corrected chi connectivity index (χ0v) is 10.9. The van der Waals surface area contributed by atoms with Crippen LogP contribution in [0.25, 0.3) is 5.69 Å². The van der Waals surface area contributed by atoms with Crippen molar-refractivity contribution in [3.05, 3.63) is 35.9 Å². The summed E-state index contributed by atoms with van der Waals surface area (Å²) >= 11 is 0. The minimum Gasteiger partial charge on any atom is -0.212 e. The predicted octanol–water partition coefficient (Wildman–Crippen LogP) is 0.241. The molecule has 0 saturated carbocycles. The van der Waals surface area contributed by atoms with Gasteiger partial charge in [0.15, 0.2) is 5.82 Å². The Bertz CT molecular complexity index is 670. The maximum Gasteiger partial charge on any atom is 0.211 e. The van der Waals surface area contributed by atoms with Crippen molar-refractivity contribution in [2.24, 2.45) is 0 Å². The lowest BCUT2D eigenvalue weighted by molar-refractivity contribution is 0.578. The van der Waals surface area contributed by atoms with Crippen LogP contribution in [0.1, 0.15) is 12.7 Å². The molecule has 0 bridgehead atoms. The monoisotopic (exact) mass is 285 g/mol. The highest BCUT2D eigenvalue weighted by atomic mass is 32.2. The Morgan fingerprint density at radius 1 is 1.42 bits per heavy atom. The number of nitrogens with zero attached hydrogens (tertiary/aromatic N) is 4. The van der Waals surface area contributed by atoms with E-state index in [-0.39, 0.29) is 18.1 Å². The number of sulfonamides is 1. The lowest BCUT2D eigenvalue weighted by atomic mass is 10.3. The van der Waals surface area contributed by atoms with Crippen molar-refractivity contribution in [3.63, 3.8) is 0 Å². The molecule has 9 heteroatoms. The first kappa shape index (κ1) is 13.6. The minimum absolute atomic E-state index is 0.0332. The highest BCUT2D eigenvalue weighted by Gasteiger charge is 2.12. The first-order chi connectivity index (χ1) is 9.02. The molecule has 1 heterocycles. The number of aromatic nitrogens is 4. The molecule has 19 heavy (non-hydrogen) atoms. The summed E-state index contributed by atoms with van der Waals surface area (Å²) in [6.45, 7) is 1.47. The van der Waals surface area contributed by atoms with E-state index in [0.717, 1.165) is 0 Å². The highest BCUT2D eigenvalue weighted by Crippen LogP contribution is 2.09. The van der Waals surface area contributed by atoms with Gasteiger partial charge in [0.05, 0.1) is 18.0 Å². The molecule has 0 radical (unpaired) electrons. The van der Waals surface area contributed by atoms with Gasteiger partial charge in [-0.1, -0.05) is 6.07 Å². The number of nitrogens with one attached hydrogen (secondary N) is 1. The third-order valence-corrected chi connectivity index (χ3v) is 3.76. The van der Waals surface area contributed by atoms with Gasteiger partial charge in [0, 0.05) is 0 Å². The number of tetrazole rings is 1. The van der Waals surface area contributed by atoms with E-state index in [1.54, 1.807) is 6.07 Å². The SMILES string of the molecule is CCS(=O)(=O)NCc1nnnn1-c1cccc(F)c1. The van der Waals surface area contributed by atoms with Crippen LogP contribution in [0.2, 0.25) is 0 Å². The van der Waals surface area contributed by atoms with Gasteiger partial charge >= 0.3 is 0 Å². The fraction of sp³-hybridized carbons (Fsp3) is 0.300. The van der Waals surface area contributed by atoms with Crippen molar-refractivity contribution < 1.29 is 12.8 Å². The van der Waals surface area contributed by atoms with Crippen LogP contribution < -0.4 is 4.72 Å². The molecule has 0 unspecified atom stereocenters. The van der Waals surface area contributed by atoms with Crippen LogP contribution in [0.3, 0.4) is 0 Å². The third kappa shape index (κ3) is 3.32. The number of hydrogen-bond acceptors (Lipinski definition) is 5. The molecule has 0 spiro atoms. The molecular weight excluding hydrogens is 273 g/mol. The van der Waals surface area contributed by atoms with E-state index in [0.29, 0.717) is 5.69 Å². The van der Waals surface area contributed by atoms with E-state index in [2.05, 4.69) is 20.2 Å². The molecule has 1 aromatic carbocycles. The molecule has 0 atom stereocenters. The van der Waals surface area contributed by atoms with Crippen LogP contribution >= 0.6 is 0 Å². The van der Waals surface area contributed by atoms with Gasteiger partial charge in [0.1, 0.15) is 5.82 Å². The van der Waals surface area contributed by atoms with Gasteiger partial charge in [-0.2, -0.15) is 4.68 Å². The minimum atomic E-state index is -3.34. The lowest BCUT2D eigenvalue weighted by Gasteiger charge is -2.05. The van der Waals surface area contributed by atoms with Crippen LogP contribution in [-0.2, 0) is 16.6 Å². The summed E-state index contributed by atoms with van der Waals surface area (Å²) in [5.74, 6) is -0.176. The third-order valence-electron chi connectivity index (χ3n) is 2.42. The van der Waals surface area contributed by atoms with Crippen molar-refractivity contribution in [1.29, 1.82) is 0 Å². The average molecular weight is 285 g/mol. The fourth-order valence-corrected chi connectivity index (χ4v) is 1.95. The molecule has 1 aromatic heterocycles. The Morgan fingerprint density at radius 3 is 2.89 bits per heavy atom. The Hall–Kier alpha value is -1.87. The molecule has 0 aliphatic carbocycles. The summed E-state index contributed by atoms with van der Waals surface area (Å²) in [5.41, 5.74) is 0.427. The summed E-state index contributed by atoms with van der Waals surface area (Å²) in [6, 6.07) is 5.70. The van der Waals surface area contributed by atoms with E-state index in [1.807, 2.05) is 0 Å². The van der Waals surface area contributed by atoms with Crippen molar-refractivity contribution in [2.45, 2.75) is 13.5 Å². The van der Waals surface area contributed by atoms with Gasteiger partial charge in [-0.15, -0.1) is 5.10 Å². The summed E-state index contributed by atoms with van der Waals surface area (Å²) in [4.78, 5) is 0. The molecule has 0 aliphatic heterocycles. The second-order valence-corrected chi connectivity index (χ2v) is 5.81. The quantitative estimate of drug-likeness (QED) is 0.850. The van der Waals surface area contributed by atoms with Crippen molar-refractivity contribution in [1.82, 2.24) is 24.9 Å². The molecule has 0 saturated heterocycles. The van der Waals surface area contributed by atoms with Crippen molar-refractivity contribution >= 4 is 10.0 Å². The molecule has 7 nitrogen and oxygen atoms in total. The smallest absolute Gasteiger partial charge is 0.211 e. The molecule has 2 rings (SSSR count). The van der Waals surface area contributed by atoms with Crippen molar-refractivity contribution in [3.8, 4) is 5.69 Å². The standard InChI is InChI=1S/C10H12FN5O2S/c1-2-19(17,18)12-7-10-13-14-15-16(10)9-5-3-4-8(11)6-9/h3-6,12H,2,7H2,1H3. The van der Waals surface area contributed by atoms with E-state index < -0.39 is 15.8 Å². The second kappa shape index (κ2) is 5.41. The zero-order valence-electron chi connectivity index (χ0n) is 10.1. The van der Waals surface area contributed by atoms with E-state index >= 15 is 0 Å². The normalized spacial score (nSPS) is 11.7. The molecule has 0 fully saturated rings. The average Bonchev–Trinajstić information content (AvgIpc) is 2.85. The molecular formula is C10H12FN5O2S. The number of hydrogen-bond donors (Lipinski definition) is 1. The van der Waals surface area contributed by atoms with Gasteiger partial charge in [-0.25, -0.2) is 17.5 Å². The number of rotatable bonds is 5. The molecule has 0 aliphatic rings. The van der Waals surface area contributed by atoms with Gasteiger partial charge in [0.2, 0.25) is 10.0 Å². The van der Waals surface area contributed by atoms with Gasteiger partial charge in [0.25, 0.3) is 0 Å². The zero-order chi connectivity index (χ0) is 13.9. The lowest BCUT2D eigenvalue weighted by Crippen LogP contribution is -2.26. The topological polar surface area (TPSA) is 89.8 Å². The molecule has 0 amide bonds. The van der Waals surface area contributed by atoms with Gasteiger partial charge in [-0.3, -0.25) is 0 Å². The van der Waals surface area contributed by atoms with Crippen LogP contribution in [0.15, 0.2) is 24.3 Å². The Balaban J connectivity index is 2.23. The van der Waals surface area contributed by atoms with Crippen LogP contribution in [0.5, 0.6) is 0 Å². The molecule has 1 N–H and O–H groups in total. The van der Waals surface area contributed by atoms with Crippen LogP contribution in [0.4, 0.5) is 4.39 Å². The van der Waals surface area contributed by atoms with Gasteiger partial charge in [-0.05, 0) is 35.5 Å². The number of halogens is 1. The first-order valence-corrected chi connectivity index (χ1v) is 7.17. The van der Waals surface area contributed by atoms with E-state index in [1.165, 1.54) is 29.8 Å². The highest BCUT2D eigenvalue weighted by molar-refractivity contribution is 7.89. The summed E-state index contributed by atoms with van der Waals surface area (Å²) in [7, 11) is -3.34. The summed E-state index contributed by atoms with van der Waals surface area (Å²) in [5, 5.41) is 10.9. The predicted molar refractivity (Wildman–Crippen MR) is 65.4 cm³/mol.